The molecule has 0 aliphatic heterocycles. The van der Waals surface area contributed by atoms with E-state index in [1.54, 1.807) is 20.8 Å². The van der Waals surface area contributed by atoms with Crippen LogP contribution in [0.5, 0.6) is 0 Å². The average molecular weight is 335 g/mol. The summed E-state index contributed by atoms with van der Waals surface area (Å²) in [5, 5.41) is 3.10. The Balaban J connectivity index is 2.89. The highest BCUT2D eigenvalue weighted by Gasteiger charge is 2.32. The van der Waals surface area contributed by atoms with E-state index in [0.29, 0.717) is 5.56 Å². The molecule has 0 spiro atoms. The largest absolute Gasteiger partial charge is 0.444 e. The predicted molar refractivity (Wildman–Crippen MR) is 82.7 cm³/mol. The molecule has 6 nitrogen and oxygen atoms in total. The van der Waals surface area contributed by atoms with Crippen LogP contribution in [0, 0.1) is 0 Å². The van der Waals surface area contributed by atoms with Crippen molar-refractivity contribution in [2.45, 2.75) is 38.7 Å². The molecule has 1 aromatic rings. The molecule has 0 aromatic carbocycles. The lowest BCUT2D eigenvalue weighted by atomic mass is 9.84. The van der Waals surface area contributed by atoms with Crippen LogP contribution in [0.1, 0.15) is 33.3 Å². The zero-order valence-corrected chi connectivity index (χ0v) is 14.0. The molecule has 0 bridgehead atoms. The van der Waals surface area contributed by atoms with E-state index in [1.807, 2.05) is 6.92 Å². The molecule has 0 saturated heterocycles. The Morgan fingerprint density at radius 2 is 1.81 bits per heavy atom. The van der Waals surface area contributed by atoms with E-state index < -0.39 is 17.1 Å². The number of alkyl carbamates (subject to hydrolysis) is 1. The molecule has 1 unspecified atom stereocenters. The van der Waals surface area contributed by atoms with Gasteiger partial charge in [0.25, 0.3) is 0 Å². The lowest BCUT2D eigenvalue weighted by Crippen LogP contribution is -2.45. The third-order valence-electron chi connectivity index (χ3n) is 2.83. The summed E-state index contributed by atoms with van der Waals surface area (Å²) in [4.78, 5) is 19.6. The Bertz CT molecular complexity index is 499. The maximum absolute atomic E-state index is 11.8. The van der Waals surface area contributed by atoms with Crippen molar-refractivity contribution in [1.82, 2.24) is 15.3 Å². The first-order chi connectivity index (χ1) is 9.59. The van der Waals surface area contributed by atoms with Gasteiger partial charge >= 0.3 is 6.09 Å². The third-order valence-corrected chi connectivity index (χ3v) is 3.40. The van der Waals surface area contributed by atoms with Crippen molar-refractivity contribution in [1.29, 1.82) is 0 Å². The summed E-state index contributed by atoms with van der Waals surface area (Å²) in [6.45, 7) is 7.58. The van der Waals surface area contributed by atoms with Crippen molar-refractivity contribution in [3.8, 4) is 0 Å². The van der Waals surface area contributed by atoms with E-state index in [0.717, 1.165) is 0 Å². The summed E-state index contributed by atoms with van der Waals surface area (Å²) in [6, 6.07) is 0. The third kappa shape index (κ3) is 4.98. The van der Waals surface area contributed by atoms with Gasteiger partial charge in [-0.2, -0.15) is 0 Å². The number of amides is 1. The van der Waals surface area contributed by atoms with Gasteiger partial charge < -0.3 is 15.8 Å². The van der Waals surface area contributed by atoms with Gasteiger partial charge in [0.1, 0.15) is 22.2 Å². The van der Waals surface area contributed by atoms with E-state index in [9.17, 15) is 4.79 Å². The monoisotopic (exact) mass is 334 g/mol. The first kappa shape index (κ1) is 17.9. The second kappa shape index (κ2) is 6.77. The minimum atomic E-state index is -0.702. The van der Waals surface area contributed by atoms with Gasteiger partial charge in [0.2, 0.25) is 0 Å². The SMILES string of the molecule is CC(C)(C)OC(=O)NCC(C)(CN)c1c(Cl)ncnc1Cl. The molecule has 21 heavy (non-hydrogen) atoms. The summed E-state index contributed by atoms with van der Waals surface area (Å²) in [5.41, 5.74) is 5.05. The van der Waals surface area contributed by atoms with Crippen LogP contribution in [0.3, 0.4) is 0 Å². The van der Waals surface area contributed by atoms with Crippen LogP contribution in [0.4, 0.5) is 4.79 Å². The normalized spacial score (nSPS) is 14.4. The maximum atomic E-state index is 11.8. The summed E-state index contributed by atoms with van der Waals surface area (Å²) < 4.78 is 5.19. The van der Waals surface area contributed by atoms with Gasteiger partial charge in [-0.3, -0.25) is 0 Å². The highest BCUT2D eigenvalue weighted by atomic mass is 35.5. The molecule has 0 radical (unpaired) electrons. The first-order valence-corrected chi connectivity index (χ1v) is 7.18. The topological polar surface area (TPSA) is 90.1 Å². The number of carbonyl (C=O) groups is 1. The van der Waals surface area contributed by atoms with Crippen LogP contribution >= 0.6 is 23.2 Å². The summed E-state index contributed by atoms with van der Waals surface area (Å²) >= 11 is 12.2. The van der Waals surface area contributed by atoms with Crippen molar-refractivity contribution in [2.75, 3.05) is 13.1 Å². The van der Waals surface area contributed by atoms with Crippen molar-refractivity contribution in [3.63, 3.8) is 0 Å². The maximum Gasteiger partial charge on any atom is 0.407 e. The summed E-state index contributed by atoms with van der Waals surface area (Å²) in [7, 11) is 0. The van der Waals surface area contributed by atoms with E-state index >= 15 is 0 Å². The number of nitrogens with zero attached hydrogens (tertiary/aromatic N) is 2. The van der Waals surface area contributed by atoms with E-state index in [1.165, 1.54) is 6.33 Å². The second-order valence-electron chi connectivity index (χ2n) is 5.95. The smallest absolute Gasteiger partial charge is 0.407 e. The molecule has 1 heterocycles. The van der Waals surface area contributed by atoms with Crippen LogP contribution in [0.15, 0.2) is 6.33 Å². The van der Waals surface area contributed by atoms with Gasteiger partial charge in [0.15, 0.2) is 0 Å². The standard InChI is InChI=1S/C13H20Cl2N4O2/c1-12(2,3)21-11(20)17-6-13(4,5-16)8-9(14)18-7-19-10(8)15/h7H,5-6,16H2,1-4H3,(H,17,20). The number of nitrogens with two attached hydrogens (primary N) is 1. The lowest BCUT2D eigenvalue weighted by molar-refractivity contribution is 0.0516. The van der Waals surface area contributed by atoms with Crippen molar-refractivity contribution < 1.29 is 9.53 Å². The summed E-state index contributed by atoms with van der Waals surface area (Å²) in [5.74, 6) is 0. The predicted octanol–water partition coefficient (Wildman–Crippen LogP) is 2.52. The van der Waals surface area contributed by atoms with Crippen molar-refractivity contribution >= 4 is 29.3 Å². The zero-order chi connectivity index (χ0) is 16.3. The summed E-state index contributed by atoms with van der Waals surface area (Å²) in [6.07, 6.45) is 0.734. The van der Waals surface area contributed by atoms with Gasteiger partial charge in [0.05, 0.1) is 0 Å². The number of halogens is 2. The fourth-order valence-corrected chi connectivity index (χ4v) is 2.46. The van der Waals surface area contributed by atoms with E-state index in [-0.39, 0.29) is 23.4 Å². The molecule has 0 aliphatic carbocycles. The van der Waals surface area contributed by atoms with E-state index in [2.05, 4.69) is 15.3 Å². The molecule has 0 saturated carbocycles. The average Bonchev–Trinajstić information content (AvgIpc) is 2.34. The molecular weight excluding hydrogens is 315 g/mol. The number of ether oxygens (including phenoxy) is 1. The van der Waals surface area contributed by atoms with Gasteiger partial charge in [-0.1, -0.05) is 30.1 Å². The van der Waals surface area contributed by atoms with Crippen LogP contribution in [0.2, 0.25) is 10.3 Å². The number of nitrogens with one attached hydrogen (secondary N) is 1. The van der Waals surface area contributed by atoms with Crippen LogP contribution in [-0.2, 0) is 10.2 Å². The fourth-order valence-electron chi connectivity index (χ4n) is 1.69. The van der Waals surface area contributed by atoms with Gasteiger partial charge in [-0.15, -0.1) is 0 Å². The molecule has 1 amide bonds. The van der Waals surface area contributed by atoms with Crippen molar-refractivity contribution in [2.24, 2.45) is 5.73 Å². The van der Waals surface area contributed by atoms with Crippen LogP contribution < -0.4 is 11.1 Å². The number of hydrogen-bond donors (Lipinski definition) is 2. The number of rotatable bonds is 4. The minimum absolute atomic E-state index is 0.200. The Morgan fingerprint density at radius 1 is 1.29 bits per heavy atom. The quantitative estimate of drug-likeness (QED) is 0.825. The number of carbonyl (C=O) groups excluding carboxylic acids is 1. The number of hydrogen-bond acceptors (Lipinski definition) is 5. The van der Waals surface area contributed by atoms with Gasteiger partial charge in [-0.25, -0.2) is 14.8 Å². The van der Waals surface area contributed by atoms with Crippen LogP contribution in [-0.4, -0.2) is 34.8 Å². The molecule has 0 aliphatic rings. The van der Waals surface area contributed by atoms with Gasteiger partial charge in [0, 0.05) is 24.1 Å². The molecule has 118 valence electrons. The Kier molecular flexibility index (Phi) is 5.78. The zero-order valence-electron chi connectivity index (χ0n) is 12.5. The first-order valence-electron chi connectivity index (χ1n) is 6.42. The highest BCUT2D eigenvalue weighted by Crippen LogP contribution is 2.32. The fraction of sp³-hybridized carbons (Fsp3) is 0.615. The highest BCUT2D eigenvalue weighted by molar-refractivity contribution is 6.34. The molecule has 1 rings (SSSR count). The lowest BCUT2D eigenvalue weighted by Gasteiger charge is -2.30. The molecule has 8 heteroatoms. The molecule has 3 N–H and O–H groups in total. The second-order valence-corrected chi connectivity index (χ2v) is 6.67. The number of aromatic nitrogens is 2. The van der Waals surface area contributed by atoms with E-state index in [4.69, 9.17) is 33.7 Å². The molecule has 1 atom stereocenters. The Hall–Kier alpha value is -1.11. The van der Waals surface area contributed by atoms with Gasteiger partial charge in [-0.05, 0) is 20.8 Å². The molecule has 0 fully saturated rings. The van der Waals surface area contributed by atoms with Crippen molar-refractivity contribution in [3.05, 3.63) is 22.2 Å². The molecular formula is C13H20Cl2N4O2. The Labute approximate surface area is 134 Å². The Morgan fingerprint density at radius 3 is 2.24 bits per heavy atom. The molecule has 1 aromatic heterocycles. The minimum Gasteiger partial charge on any atom is -0.444 e. The van der Waals surface area contributed by atoms with Crippen LogP contribution in [0.25, 0.3) is 0 Å².